The summed E-state index contributed by atoms with van der Waals surface area (Å²) in [5.74, 6) is 0. The second-order valence-corrected chi connectivity index (χ2v) is 5.00. The molecule has 1 fully saturated rings. The zero-order valence-corrected chi connectivity index (χ0v) is 11.5. The highest BCUT2D eigenvalue weighted by Gasteiger charge is 2.21. The summed E-state index contributed by atoms with van der Waals surface area (Å²) in [6, 6.07) is 4.85. The Morgan fingerprint density at radius 2 is 2.22 bits per heavy atom. The van der Waals surface area contributed by atoms with Crippen LogP contribution in [0.15, 0.2) is 18.2 Å². The average molecular weight is 289 g/mol. The van der Waals surface area contributed by atoms with Crippen LogP contribution < -0.4 is 5.32 Å². The normalized spacial score (nSPS) is 19.7. The summed E-state index contributed by atoms with van der Waals surface area (Å²) in [5, 5.41) is 3.68. The average Bonchev–Trinajstić information content (AvgIpc) is 2.34. The summed E-state index contributed by atoms with van der Waals surface area (Å²) < 4.78 is 5.38. The Labute approximate surface area is 116 Å². The molecule has 2 rings (SSSR count). The summed E-state index contributed by atoms with van der Waals surface area (Å²) >= 11 is 11.7. The zero-order chi connectivity index (χ0) is 13.1. The summed E-state index contributed by atoms with van der Waals surface area (Å²) in [6.07, 6.45) is 0.0679. The summed E-state index contributed by atoms with van der Waals surface area (Å²) in [7, 11) is 0. The van der Waals surface area contributed by atoms with Crippen LogP contribution in [-0.4, -0.2) is 36.7 Å². The number of carbonyl (C=O) groups excluding carboxylic acids is 1. The minimum atomic E-state index is -0.150. The van der Waals surface area contributed by atoms with Crippen molar-refractivity contribution in [2.24, 2.45) is 0 Å². The maximum atomic E-state index is 12.0. The molecule has 1 saturated heterocycles. The zero-order valence-electron chi connectivity index (χ0n) is 9.95. The molecule has 1 N–H and O–H groups in total. The number of nitrogens with zero attached hydrogens (tertiary/aromatic N) is 1. The van der Waals surface area contributed by atoms with Gasteiger partial charge in [-0.05, 0) is 25.1 Å². The topological polar surface area (TPSA) is 41.6 Å². The van der Waals surface area contributed by atoms with Crippen LogP contribution in [0, 0.1) is 0 Å². The minimum absolute atomic E-state index is 0.0679. The van der Waals surface area contributed by atoms with Crippen LogP contribution in [-0.2, 0) is 4.74 Å². The van der Waals surface area contributed by atoms with Crippen LogP contribution in [0.25, 0.3) is 0 Å². The van der Waals surface area contributed by atoms with E-state index < -0.39 is 0 Å². The van der Waals surface area contributed by atoms with Gasteiger partial charge in [0.05, 0.1) is 22.8 Å². The minimum Gasteiger partial charge on any atom is -0.375 e. The van der Waals surface area contributed by atoms with Crippen molar-refractivity contribution < 1.29 is 9.53 Å². The van der Waals surface area contributed by atoms with E-state index >= 15 is 0 Å². The van der Waals surface area contributed by atoms with Gasteiger partial charge in [0.15, 0.2) is 0 Å². The Morgan fingerprint density at radius 1 is 1.44 bits per heavy atom. The van der Waals surface area contributed by atoms with Gasteiger partial charge in [-0.2, -0.15) is 0 Å². The smallest absolute Gasteiger partial charge is 0.322 e. The number of hydrogen-bond donors (Lipinski definition) is 1. The molecule has 1 aromatic carbocycles. The monoisotopic (exact) mass is 288 g/mol. The number of urea groups is 1. The fourth-order valence-corrected chi connectivity index (χ4v) is 2.08. The van der Waals surface area contributed by atoms with E-state index in [-0.39, 0.29) is 12.1 Å². The lowest BCUT2D eigenvalue weighted by molar-refractivity contribution is -0.00138. The van der Waals surface area contributed by atoms with Crippen molar-refractivity contribution in [2.75, 3.05) is 25.0 Å². The van der Waals surface area contributed by atoms with Crippen molar-refractivity contribution in [1.29, 1.82) is 0 Å². The third-order valence-corrected chi connectivity index (χ3v) is 3.44. The lowest BCUT2D eigenvalue weighted by Crippen LogP contribution is -2.46. The van der Waals surface area contributed by atoms with E-state index in [4.69, 9.17) is 27.9 Å². The first-order valence-corrected chi connectivity index (χ1v) is 6.44. The van der Waals surface area contributed by atoms with Crippen molar-refractivity contribution in [3.63, 3.8) is 0 Å². The van der Waals surface area contributed by atoms with Gasteiger partial charge in [-0.15, -0.1) is 0 Å². The van der Waals surface area contributed by atoms with Gasteiger partial charge in [-0.3, -0.25) is 0 Å². The molecule has 1 unspecified atom stereocenters. The van der Waals surface area contributed by atoms with E-state index in [2.05, 4.69) is 5.32 Å². The maximum absolute atomic E-state index is 12.0. The Hall–Kier alpha value is -0.970. The molecule has 18 heavy (non-hydrogen) atoms. The van der Waals surface area contributed by atoms with Crippen LogP contribution in [0.1, 0.15) is 6.92 Å². The standard InChI is InChI=1S/C12H14Cl2N2O2/c1-8-7-16(4-5-18-8)12(17)15-9-2-3-10(13)11(14)6-9/h2-3,6,8H,4-5,7H2,1H3,(H,15,17). The van der Waals surface area contributed by atoms with Gasteiger partial charge in [0.1, 0.15) is 0 Å². The number of nitrogens with one attached hydrogen (secondary N) is 1. The predicted octanol–water partition coefficient (Wildman–Crippen LogP) is 3.25. The number of amides is 2. The number of halogens is 2. The molecule has 98 valence electrons. The molecule has 0 aliphatic carbocycles. The third-order valence-electron chi connectivity index (χ3n) is 2.70. The van der Waals surface area contributed by atoms with Crippen LogP contribution in [0.4, 0.5) is 10.5 Å². The number of benzene rings is 1. The van der Waals surface area contributed by atoms with Crippen molar-refractivity contribution in [1.82, 2.24) is 4.90 Å². The van der Waals surface area contributed by atoms with Crippen LogP contribution in [0.2, 0.25) is 10.0 Å². The van der Waals surface area contributed by atoms with Crippen molar-refractivity contribution in [3.05, 3.63) is 28.2 Å². The highest BCUT2D eigenvalue weighted by molar-refractivity contribution is 6.42. The highest BCUT2D eigenvalue weighted by atomic mass is 35.5. The molecule has 6 heteroatoms. The second-order valence-electron chi connectivity index (χ2n) is 4.19. The maximum Gasteiger partial charge on any atom is 0.322 e. The highest BCUT2D eigenvalue weighted by Crippen LogP contribution is 2.25. The number of carbonyl (C=O) groups is 1. The largest absolute Gasteiger partial charge is 0.375 e. The summed E-state index contributed by atoms with van der Waals surface area (Å²) in [6.45, 7) is 3.69. The van der Waals surface area contributed by atoms with Gasteiger partial charge >= 0.3 is 6.03 Å². The Balaban J connectivity index is 2.00. The van der Waals surface area contributed by atoms with E-state index in [1.807, 2.05) is 6.92 Å². The number of ether oxygens (including phenoxy) is 1. The molecular formula is C12H14Cl2N2O2. The second kappa shape index (κ2) is 5.78. The van der Waals surface area contributed by atoms with E-state index in [1.165, 1.54) is 0 Å². The first kappa shape index (κ1) is 13.5. The molecular weight excluding hydrogens is 275 g/mol. The lowest BCUT2D eigenvalue weighted by atomic mass is 10.3. The quantitative estimate of drug-likeness (QED) is 0.862. The summed E-state index contributed by atoms with van der Waals surface area (Å²) in [4.78, 5) is 13.7. The predicted molar refractivity (Wildman–Crippen MR) is 72.5 cm³/mol. The fraction of sp³-hybridized carbons (Fsp3) is 0.417. The van der Waals surface area contributed by atoms with Crippen molar-refractivity contribution >= 4 is 34.9 Å². The van der Waals surface area contributed by atoms with E-state index in [0.29, 0.717) is 35.4 Å². The number of rotatable bonds is 1. The Bertz CT molecular complexity index is 454. The molecule has 0 aromatic heterocycles. The lowest BCUT2D eigenvalue weighted by Gasteiger charge is -2.31. The molecule has 1 heterocycles. The first-order valence-electron chi connectivity index (χ1n) is 5.69. The van der Waals surface area contributed by atoms with E-state index in [0.717, 1.165) is 0 Å². The molecule has 0 saturated carbocycles. The molecule has 1 aliphatic rings. The number of anilines is 1. The van der Waals surface area contributed by atoms with Crippen LogP contribution in [0.3, 0.4) is 0 Å². The molecule has 1 atom stereocenters. The van der Waals surface area contributed by atoms with Crippen LogP contribution in [0.5, 0.6) is 0 Å². The Morgan fingerprint density at radius 3 is 2.89 bits per heavy atom. The third kappa shape index (κ3) is 3.28. The SMILES string of the molecule is CC1CN(C(=O)Nc2ccc(Cl)c(Cl)c2)CCO1. The van der Waals surface area contributed by atoms with E-state index in [9.17, 15) is 4.79 Å². The first-order chi connectivity index (χ1) is 8.56. The van der Waals surface area contributed by atoms with Crippen LogP contribution >= 0.6 is 23.2 Å². The Kier molecular flexibility index (Phi) is 4.32. The van der Waals surface area contributed by atoms with Gasteiger partial charge in [0.2, 0.25) is 0 Å². The summed E-state index contributed by atoms with van der Waals surface area (Å²) in [5.41, 5.74) is 0.633. The van der Waals surface area contributed by atoms with Gasteiger partial charge < -0.3 is 15.0 Å². The fourth-order valence-electron chi connectivity index (χ4n) is 1.78. The van der Waals surface area contributed by atoms with Gasteiger partial charge in [0, 0.05) is 18.8 Å². The molecule has 0 spiro atoms. The number of morpholine rings is 1. The van der Waals surface area contributed by atoms with Crippen molar-refractivity contribution in [3.8, 4) is 0 Å². The van der Waals surface area contributed by atoms with Gasteiger partial charge in [0.25, 0.3) is 0 Å². The molecule has 2 amide bonds. The van der Waals surface area contributed by atoms with Gasteiger partial charge in [-0.1, -0.05) is 23.2 Å². The molecule has 0 bridgehead atoms. The van der Waals surface area contributed by atoms with Gasteiger partial charge in [-0.25, -0.2) is 4.79 Å². The molecule has 0 radical (unpaired) electrons. The molecule has 4 nitrogen and oxygen atoms in total. The molecule has 1 aliphatic heterocycles. The molecule has 1 aromatic rings. The van der Waals surface area contributed by atoms with E-state index in [1.54, 1.807) is 23.1 Å². The number of hydrogen-bond acceptors (Lipinski definition) is 2. The van der Waals surface area contributed by atoms with Crippen molar-refractivity contribution in [2.45, 2.75) is 13.0 Å².